The van der Waals surface area contributed by atoms with Crippen LogP contribution in [0, 0.1) is 11.8 Å². The van der Waals surface area contributed by atoms with Gasteiger partial charge in [-0.05, 0) is 37.7 Å². The van der Waals surface area contributed by atoms with Crippen LogP contribution in [0.25, 0.3) is 0 Å². The van der Waals surface area contributed by atoms with E-state index >= 15 is 0 Å². The molecule has 3 aliphatic heterocycles. The number of thioether (sulfide) groups is 1. The molecule has 0 aromatic heterocycles. The van der Waals surface area contributed by atoms with Crippen molar-refractivity contribution >= 4 is 45.5 Å². The quantitative estimate of drug-likeness (QED) is 0.150. The minimum atomic E-state index is -0.715. The first-order valence-corrected chi connectivity index (χ1v) is 15.1. The number of carbonyl (C=O) groups excluding carboxylic acids is 3. The maximum Gasteiger partial charge on any atom is 0.310 e. The summed E-state index contributed by atoms with van der Waals surface area (Å²) in [5.74, 6) is -1.84. The summed E-state index contributed by atoms with van der Waals surface area (Å²) in [4.78, 5) is 45.2. The first-order chi connectivity index (χ1) is 18.4. The molecule has 3 heterocycles. The second-order valence-electron chi connectivity index (χ2n) is 10.2. The summed E-state index contributed by atoms with van der Waals surface area (Å²) in [6, 6.07) is 9.08. The molecule has 1 spiro atoms. The van der Waals surface area contributed by atoms with Crippen LogP contribution in [0.2, 0.25) is 0 Å². The molecule has 1 aromatic rings. The van der Waals surface area contributed by atoms with Crippen LogP contribution in [0.5, 0.6) is 0 Å². The second kappa shape index (κ2) is 12.8. The number of fused-ring (bicyclic) bond motifs is 1. The highest BCUT2D eigenvalue weighted by molar-refractivity contribution is 9.09. The molecule has 9 heteroatoms. The summed E-state index contributed by atoms with van der Waals surface area (Å²) in [5, 5.41) is 9.24. The Labute approximate surface area is 237 Å². The van der Waals surface area contributed by atoms with E-state index in [4.69, 9.17) is 4.74 Å². The van der Waals surface area contributed by atoms with Gasteiger partial charge in [0.15, 0.2) is 0 Å². The van der Waals surface area contributed by atoms with E-state index in [0.29, 0.717) is 45.3 Å². The van der Waals surface area contributed by atoms with Crippen molar-refractivity contribution in [1.29, 1.82) is 0 Å². The zero-order chi connectivity index (χ0) is 27.3. The van der Waals surface area contributed by atoms with Crippen LogP contribution in [0.3, 0.4) is 0 Å². The molecule has 2 bridgehead atoms. The van der Waals surface area contributed by atoms with Gasteiger partial charge in [-0.2, -0.15) is 0 Å². The molecule has 7 nitrogen and oxygen atoms in total. The maximum absolute atomic E-state index is 14.4. The third-order valence-corrected chi connectivity index (χ3v) is 11.0. The van der Waals surface area contributed by atoms with Gasteiger partial charge < -0.3 is 19.6 Å². The molecule has 3 fully saturated rings. The summed E-state index contributed by atoms with van der Waals surface area (Å²) in [6.45, 7) is 8.99. The standard InChI is InChI=1S/C29H37BrN2O5S/c1-3-5-11-17-37-28(36)22-23-26(34)32(15-9-10-16-33)25(29(23)18-21(30)24(22)38-29)27(35)31(14-4-2)19-20-12-7-6-8-13-20/h3-4,6-8,12-13,21-25,33H,1-2,5,9-11,14-19H2/t21?,22-,23+,24-,25?,29?/m1/s1. The van der Waals surface area contributed by atoms with Gasteiger partial charge in [0.25, 0.3) is 0 Å². The van der Waals surface area contributed by atoms with Gasteiger partial charge in [0.05, 0.1) is 23.2 Å². The lowest BCUT2D eigenvalue weighted by atomic mass is 9.71. The van der Waals surface area contributed by atoms with Gasteiger partial charge in [-0.1, -0.05) is 58.4 Å². The van der Waals surface area contributed by atoms with Crippen LogP contribution in [0.4, 0.5) is 0 Å². The largest absolute Gasteiger partial charge is 0.465 e. The van der Waals surface area contributed by atoms with E-state index in [1.165, 1.54) is 0 Å². The van der Waals surface area contributed by atoms with Crippen molar-refractivity contribution in [3.63, 3.8) is 0 Å². The Balaban J connectivity index is 1.66. The Morgan fingerprint density at radius 2 is 1.97 bits per heavy atom. The molecule has 0 radical (unpaired) electrons. The monoisotopic (exact) mass is 604 g/mol. The van der Waals surface area contributed by atoms with Crippen molar-refractivity contribution < 1.29 is 24.2 Å². The number of likely N-dealkylation sites (tertiary alicyclic amines) is 1. The molecule has 4 rings (SSSR count). The second-order valence-corrected chi connectivity index (χ2v) is 12.9. The zero-order valence-electron chi connectivity index (χ0n) is 21.7. The lowest BCUT2D eigenvalue weighted by Gasteiger charge is -2.38. The molecule has 1 N–H and O–H groups in total. The number of aliphatic hydroxyl groups excluding tert-OH is 1. The summed E-state index contributed by atoms with van der Waals surface area (Å²) in [5.41, 5.74) is 0.996. The lowest BCUT2D eigenvalue weighted by Crippen LogP contribution is -2.55. The normalized spacial score (nSPS) is 29.3. The number of rotatable bonds is 14. The summed E-state index contributed by atoms with van der Waals surface area (Å²) >= 11 is 5.40. The van der Waals surface area contributed by atoms with Crippen LogP contribution in [-0.4, -0.2) is 79.9 Å². The highest BCUT2D eigenvalue weighted by Crippen LogP contribution is 2.68. The fourth-order valence-corrected chi connectivity index (χ4v) is 9.77. The molecule has 3 unspecified atom stereocenters. The van der Waals surface area contributed by atoms with Crippen LogP contribution in [0.15, 0.2) is 55.6 Å². The number of esters is 1. The Morgan fingerprint density at radius 3 is 2.66 bits per heavy atom. The Hall–Kier alpha value is -2.10. The molecule has 3 saturated heterocycles. The predicted octanol–water partition coefficient (Wildman–Crippen LogP) is 3.95. The lowest BCUT2D eigenvalue weighted by molar-refractivity contribution is -0.154. The molecular weight excluding hydrogens is 568 g/mol. The zero-order valence-corrected chi connectivity index (χ0v) is 24.1. The molecular formula is C29H37BrN2O5S. The fraction of sp³-hybridized carbons (Fsp3) is 0.552. The molecule has 3 aliphatic rings. The number of nitrogens with zero attached hydrogens (tertiary/aromatic N) is 2. The number of ether oxygens (including phenoxy) is 1. The van der Waals surface area contributed by atoms with Crippen LogP contribution < -0.4 is 0 Å². The van der Waals surface area contributed by atoms with Gasteiger partial charge in [0, 0.05) is 36.3 Å². The number of benzene rings is 1. The third-order valence-electron chi connectivity index (χ3n) is 7.78. The minimum absolute atomic E-state index is 0.00283. The van der Waals surface area contributed by atoms with Gasteiger partial charge in [-0.3, -0.25) is 14.4 Å². The van der Waals surface area contributed by atoms with E-state index in [1.54, 1.807) is 33.7 Å². The first-order valence-electron chi connectivity index (χ1n) is 13.3. The number of allylic oxidation sites excluding steroid dienone is 1. The van der Waals surface area contributed by atoms with Crippen molar-refractivity contribution in [2.24, 2.45) is 11.8 Å². The summed E-state index contributed by atoms with van der Waals surface area (Å²) in [7, 11) is 0. The van der Waals surface area contributed by atoms with Crippen LogP contribution in [0.1, 0.15) is 37.7 Å². The van der Waals surface area contributed by atoms with E-state index in [0.717, 1.165) is 12.0 Å². The number of aliphatic hydroxyl groups is 1. The molecule has 6 atom stereocenters. The number of carbonyl (C=O) groups is 3. The molecule has 1 aromatic carbocycles. The summed E-state index contributed by atoms with van der Waals surface area (Å²) < 4.78 is 4.93. The first kappa shape index (κ1) is 28.9. The Bertz CT molecular complexity index is 1040. The van der Waals surface area contributed by atoms with E-state index in [-0.39, 0.29) is 41.1 Å². The van der Waals surface area contributed by atoms with Gasteiger partial charge in [-0.15, -0.1) is 24.9 Å². The fourth-order valence-electron chi connectivity index (χ4n) is 6.17. The van der Waals surface area contributed by atoms with Crippen molar-refractivity contribution in [2.75, 3.05) is 26.3 Å². The number of alkyl halides is 1. The topological polar surface area (TPSA) is 87.2 Å². The van der Waals surface area contributed by atoms with Crippen LogP contribution in [-0.2, 0) is 25.7 Å². The molecule has 206 valence electrons. The van der Waals surface area contributed by atoms with Crippen molar-refractivity contribution in [3.8, 4) is 0 Å². The average Bonchev–Trinajstić information content (AvgIpc) is 3.50. The molecule has 0 aliphatic carbocycles. The highest BCUT2D eigenvalue weighted by atomic mass is 79.9. The Morgan fingerprint density at radius 1 is 1.21 bits per heavy atom. The van der Waals surface area contributed by atoms with Crippen molar-refractivity contribution in [3.05, 3.63) is 61.2 Å². The Kier molecular flexibility index (Phi) is 9.76. The van der Waals surface area contributed by atoms with E-state index in [1.807, 2.05) is 30.3 Å². The number of hydrogen-bond donors (Lipinski definition) is 1. The smallest absolute Gasteiger partial charge is 0.310 e. The van der Waals surface area contributed by atoms with Gasteiger partial charge in [-0.25, -0.2) is 0 Å². The summed E-state index contributed by atoms with van der Waals surface area (Å²) in [6.07, 6.45) is 6.67. The number of hydrogen-bond acceptors (Lipinski definition) is 6. The molecule has 2 amide bonds. The van der Waals surface area contributed by atoms with Gasteiger partial charge in [0.1, 0.15) is 6.04 Å². The van der Waals surface area contributed by atoms with Gasteiger partial charge >= 0.3 is 5.97 Å². The highest BCUT2D eigenvalue weighted by Gasteiger charge is 2.76. The van der Waals surface area contributed by atoms with Crippen molar-refractivity contribution in [2.45, 2.75) is 59.5 Å². The number of unbranched alkanes of at least 4 members (excludes halogenated alkanes) is 2. The number of halogens is 1. The van der Waals surface area contributed by atoms with Crippen LogP contribution >= 0.6 is 27.7 Å². The predicted molar refractivity (Wildman–Crippen MR) is 153 cm³/mol. The average molecular weight is 606 g/mol. The number of amides is 2. The van der Waals surface area contributed by atoms with E-state index in [2.05, 4.69) is 29.1 Å². The maximum atomic E-state index is 14.4. The molecule has 38 heavy (non-hydrogen) atoms. The molecule has 0 saturated carbocycles. The van der Waals surface area contributed by atoms with E-state index < -0.39 is 22.6 Å². The SMILES string of the molecule is C=CCCCOC(=O)[C@H]1[C@@H]2SC3(CC2Br)C(C(=O)N(CC=C)Cc2ccccc2)N(CCCCO)C(=O)[C@H]13. The third kappa shape index (κ3) is 5.47. The van der Waals surface area contributed by atoms with E-state index in [9.17, 15) is 19.5 Å². The van der Waals surface area contributed by atoms with Crippen molar-refractivity contribution in [1.82, 2.24) is 9.80 Å². The minimum Gasteiger partial charge on any atom is -0.465 e. The van der Waals surface area contributed by atoms with Gasteiger partial charge in [0.2, 0.25) is 11.8 Å².